The molecule has 2 heterocycles. The number of hydrogen-bond donors (Lipinski definition) is 1. The normalized spacial score (nSPS) is 22.6. The van der Waals surface area contributed by atoms with E-state index in [0.717, 1.165) is 42.4 Å². The second-order valence-electron chi connectivity index (χ2n) is 11.5. The van der Waals surface area contributed by atoms with E-state index in [2.05, 4.69) is 19.9 Å². The number of aryl methyl sites for hydroxylation is 1. The minimum Gasteiger partial charge on any atom is -0.465 e. The Kier molecular flexibility index (Phi) is 7.02. The van der Waals surface area contributed by atoms with Gasteiger partial charge in [-0.05, 0) is 67.2 Å². The van der Waals surface area contributed by atoms with Crippen molar-refractivity contribution in [2.45, 2.75) is 69.4 Å². The molecule has 2 amide bonds. The monoisotopic (exact) mass is 539 g/mol. The van der Waals surface area contributed by atoms with Crippen LogP contribution in [-0.2, 0) is 14.8 Å². The van der Waals surface area contributed by atoms with E-state index >= 15 is 0 Å². The van der Waals surface area contributed by atoms with Crippen LogP contribution in [0.3, 0.4) is 0 Å². The summed E-state index contributed by atoms with van der Waals surface area (Å²) in [4.78, 5) is 28.8. The van der Waals surface area contributed by atoms with Gasteiger partial charge in [0.1, 0.15) is 0 Å². The molecule has 0 bridgehead atoms. The SMILES string of the molecule is Cc1ccc(S(=O)(=O)N2CC(=O)N(C3CC4(CCN(C(=O)O)CC4)C3)C(c3ccccc3C(C)C)C2)cc1. The number of piperidine rings is 1. The fourth-order valence-corrected chi connectivity index (χ4v) is 7.95. The van der Waals surface area contributed by atoms with E-state index in [1.807, 2.05) is 30.0 Å². The van der Waals surface area contributed by atoms with Crippen molar-refractivity contribution in [3.63, 3.8) is 0 Å². The third-order valence-corrected chi connectivity index (χ3v) is 10.6. The highest BCUT2D eigenvalue weighted by Gasteiger charge is 2.53. The molecule has 8 nitrogen and oxygen atoms in total. The molecule has 1 spiro atoms. The number of hydrogen-bond acceptors (Lipinski definition) is 4. The molecule has 5 rings (SSSR count). The predicted molar refractivity (Wildman–Crippen MR) is 144 cm³/mol. The van der Waals surface area contributed by atoms with Gasteiger partial charge in [-0.1, -0.05) is 55.8 Å². The van der Waals surface area contributed by atoms with Crippen LogP contribution in [-0.4, -0.2) is 71.9 Å². The lowest BCUT2D eigenvalue weighted by atomic mass is 9.59. The van der Waals surface area contributed by atoms with Gasteiger partial charge in [-0.2, -0.15) is 4.31 Å². The van der Waals surface area contributed by atoms with E-state index in [0.29, 0.717) is 13.1 Å². The van der Waals surface area contributed by atoms with Gasteiger partial charge < -0.3 is 14.9 Å². The molecule has 1 N–H and O–H groups in total. The molecule has 9 heteroatoms. The molecule has 0 aromatic heterocycles. The molecule has 1 aliphatic carbocycles. The lowest BCUT2D eigenvalue weighted by molar-refractivity contribution is -0.150. The summed E-state index contributed by atoms with van der Waals surface area (Å²) in [6.45, 7) is 7.23. The van der Waals surface area contributed by atoms with Crippen LogP contribution < -0.4 is 0 Å². The summed E-state index contributed by atoms with van der Waals surface area (Å²) in [7, 11) is -3.84. The number of carbonyl (C=O) groups is 2. The molecule has 1 saturated carbocycles. The average molecular weight is 540 g/mol. The van der Waals surface area contributed by atoms with Crippen molar-refractivity contribution in [1.82, 2.24) is 14.1 Å². The van der Waals surface area contributed by atoms with Gasteiger partial charge in [0, 0.05) is 25.7 Å². The second-order valence-corrected chi connectivity index (χ2v) is 13.5. The highest BCUT2D eigenvalue weighted by Crippen LogP contribution is 2.53. The fourth-order valence-electron chi connectivity index (χ4n) is 6.56. The van der Waals surface area contributed by atoms with Crippen LogP contribution in [0.25, 0.3) is 0 Å². The topological polar surface area (TPSA) is 98.2 Å². The minimum atomic E-state index is -3.84. The van der Waals surface area contributed by atoms with E-state index in [4.69, 9.17) is 0 Å². The Bertz CT molecular complexity index is 1310. The van der Waals surface area contributed by atoms with Crippen LogP contribution in [0.1, 0.15) is 68.2 Å². The van der Waals surface area contributed by atoms with Crippen LogP contribution in [0, 0.1) is 12.3 Å². The average Bonchev–Trinajstić information content (AvgIpc) is 2.87. The minimum absolute atomic E-state index is 0.0216. The molecule has 2 aliphatic heterocycles. The van der Waals surface area contributed by atoms with Crippen LogP contribution in [0.5, 0.6) is 0 Å². The van der Waals surface area contributed by atoms with Crippen molar-refractivity contribution in [3.05, 3.63) is 65.2 Å². The van der Waals surface area contributed by atoms with Crippen molar-refractivity contribution in [1.29, 1.82) is 0 Å². The Morgan fingerprint density at radius 2 is 1.66 bits per heavy atom. The number of nitrogens with zero attached hydrogens (tertiary/aromatic N) is 3. The third kappa shape index (κ3) is 4.82. The second kappa shape index (κ2) is 10.0. The summed E-state index contributed by atoms with van der Waals surface area (Å²) in [5.74, 6) is 0.0543. The van der Waals surface area contributed by atoms with Gasteiger partial charge >= 0.3 is 6.09 Å². The number of carbonyl (C=O) groups excluding carboxylic acids is 1. The summed E-state index contributed by atoms with van der Waals surface area (Å²) >= 11 is 0. The molecule has 2 aromatic rings. The van der Waals surface area contributed by atoms with Crippen molar-refractivity contribution < 1.29 is 23.1 Å². The van der Waals surface area contributed by atoms with E-state index in [9.17, 15) is 23.1 Å². The zero-order valence-corrected chi connectivity index (χ0v) is 23.2. The van der Waals surface area contributed by atoms with Crippen molar-refractivity contribution >= 4 is 22.0 Å². The Balaban J connectivity index is 1.44. The molecule has 3 aliphatic rings. The molecule has 2 aromatic carbocycles. The fraction of sp³-hybridized carbons (Fsp3) is 0.517. The number of rotatable bonds is 5. The van der Waals surface area contributed by atoms with Gasteiger partial charge in [0.25, 0.3) is 0 Å². The van der Waals surface area contributed by atoms with Gasteiger partial charge in [0.2, 0.25) is 15.9 Å². The first-order valence-corrected chi connectivity index (χ1v) is 14.9. The Morgan fingerprint density at radius 3 is 2.26 bits per heavy atom. The first kappa shape index (κ1) is 26.7. The maximum absolute atomic E-state index is 13.8. The number of carboxylic acid groups (broad SMARTS) is 1. The number of piperazine rings is 1. The molecule has 38 heavy (non-hydrogen) atoms. The van der Waals surface area contributed by atoms with Crippen LogP contribution in [0.15, 0.2) is 53.4 Å². The van der Waals surface area contributed by atoms with Gasteiger partial charge in [0.15, 0.2) is 0 Å². The standard InChI is InChI=1S/C29H37N3O5S/c1-20(2)24-6-4-5-7-25(24)26-18-31(38(36,37)23-10-8-21(3)9-11-23)19-27(33)32(26)22-16-29(17-22)12-14-30(15-13-29)28(34)35/h4-11,20,22,26H,12-19H2,1-3H3,(H,34,35). The van der Waals surface area contributed by atoms with Crippen molar-refractivity contribution in [3.8, 4) is 0 Å². The van der Waals surface area contributed by atoms with Gasteiger partial charge in [0.05, 0.1) is 17.5 Å². The molecule has 2 saturated heterocycles. The Hall–Kier alpha value is -2.91. The summed E-state index contributed by atoms with van der Waals surface area (Å²) in [6.07, 6.45) is 2.40. The van der Waals surface area contributed by atoms with Gasteiger partial charge in [-0.25, -0.2) is 13.2 Å². The van der Waals surface area contributed by atoms with E-state index in [1.165, 1.54) is 9.21 Å². The number of benzene rings is 2. The lowest BCUT2D eigenvalue weighted by Crippen LogP contribution is -2.62. The molecule has 204 valence electrons. The Labute approximate surface area is 225 Å². The predicted octanol–water partition coefficient (Wildman–Crippen LogP) is 4.62. The van der Waals surface area contributed by atoms with E-state index in [-0.39, 0.29) is 47.3 Å². The molecule has 0 radical (unpaired) electrons. The summed E-state index contributed by atoms with van der Waals surface area (Å²) in [5, 5.41) is 9.33. The molecular formula is C29H37N3O5S. The summed E-state index contributed by atoms with van der Waals surface area (Å²) in [5.41, 5.74) is 3.15. The number of sulfonamides is 1. The Morgan fingerprint density at radius 1 is 1.03 bits per heavy atom. The van der Waals surface area contributed by atoms with Crippen LogP contribution in [0.2, 0.25) is 0 Å². The van der Waals surface area contributed by atoms with Crippen LogP contribution in [0.4, 0.5) is 4.79 Å². The van der Waals surface area contributed by atoms with Gasteiger partial charge in [-0.3, -0.25) is 4.79 Å². The van der Waals surface area contributed by atoms with Gasteiger partial charge in [-0.15, -0.1) is 0 Å². The highest BCUT2D eigenvalue weighted by molar-refractivity contribution is 7.89. The van der Waals surface area contributed by atoms with E-state index < -0.39 is 16.1 Å². The molecular weight excluding hydrogens is 502 g/mol. The highest BCUT2D eigenvalue weighted by atomic mass is 32.2. The number of amides is 2. The van der Waals surface area contributed by atoms with Crippen molar-refractivity contribution in [2.24, 2.45) is 5.41 Å². The summed E-state index contributed by atoms with van der Waals surface area (Å²) < 4.78 is 28.6. The first-order chi connectivity index (χ1) is 18.0. The quantitative estimate of drug-likeness (QED) is 0.598. The zero-order chi connectivity index (χ0) is 27.2. The molecule has 1 unspecified atom stereocenters. The zero-order valence-electron chi connectivity index (χ0n) is 22.3. The molecule has 3 fully saturated rings. The maximum atomic E-state index is 13.8. The third-order valence-electron chi connectivity index (χ3n) is 8.77. The largest absolute Gasteiger partial charge is 0.465 e. The lowest BCUT2D eigenvalue weighted by Gasteiger charge is -2.57. The summed E-state index contributed by atoms with van der Waals surface area (Å²) in [6, 6.07) is 14.5. The maximum Gasteiger partial charge on any atom is 0.407 e. The first-order valence-electron chi connectivity index (χ1n) is 13.5. The molecule has 1 atom stereocenters. The van der Waals surface area contributed by atoms with E-state index in [1.54, 1.807) is 24.3 Å². The smallest absolute Gasteiger partial charge is 0.407 e. The number of likely N-dealkylation sites (tertiary alicyclic amines) is 1. The van der Waals surface area contributed by atoms with Crippen LogP contribution >= 0.6 is 0 Å². The van der Waals surface area contributed by atoms with Crippen molar-refractivity contribution in [2.75, 3.05) is 26.2 Å².